The van der Waals surface area contributed by atoms with Crippen LogP contribution in [0, 0.1) is 5.82 Å². The van der Waals surface area contributed by atoms with Gasteiger partial charge in [0.15, 0.2) is 0 Å². The topological polar surface area (TPSA) is 20.2 Å². The summed E-state index contributed by atoms with van der Waals surface area (Å²) in [6, 6.07) is 15.2. The van der Waals surface area contributed by atoms with Gasteiger partial charge in [0, 0.05) is 9.58 Å². The van der Waals surface area contributed by atoms with Crippen LogP contribution in [0.15, 0.2) is 48.5 Å². The lowest BCUT2D eigenvalue weighted by atomic mass is 9.75. The van der Waals surface area contributed by atoms with E-state index in [1.54, 1.807) is 6.07 Å². The van der Waals surface area contributed by atoms with E-state index in [4.69, 9.17) is 0 Å². The lowest BCUT2D eigenvalue weighted by molar-refractivity contribution is 0.157. The molecular formula is C18H15FOS. The molecular weight excluding hydrogens is 283 g/mol. The number of hydrogen-bond acceptors (Lipinski definition) is 2. The van der Waals surface area contributed by atoms with Crippen LogP contribution in [0.3, 0.4) is 0 Å². The van der Waals surface area contributed by atoms with E-state index in [9.17, 15) is 9.50 Å². The normalized spacial score (nSPS) is 18.3. The minimum Gasteiger partial charge on any atom is -0.388 e. The molecule has 3 aromatic rings. The number of aliphatic hydroxyl groups is 1. The fourth-order valence-corrected chi connectivity index (χ4v) is 4.24. The van der Waals surface area contributed by atoms with Crippen molar-refractivity contribution >= 4 is 21.4 Å². The smallest absolute Gasteiger partial charge is 0.124 e. The quantitative estimate of drug-likeness (QED) is 0.736. The van der Waals surface area contributed by atoms with Crippen molar-refractivity contribution < 1.29 is 9.50 Å². The number of aliphatic hydroxyl groups excluding tert-OH is 1. The highest BCUT2D eigenvalue weighted by molar-refractivity contribution is 7.19. The minimum absolute atomic E-state index is 0.224. The molecule has 2 unspecified atom stereocenters. The number of rotatable bonds is 3. The van der Waals surface area contributed by atoms with Crippen LogP contribution in [0.5, 0.6) is 0 Å². The standard InChI is InChI=1S/C18H15FOS/c19-14-6-5-12-9-18(21-17(12)10-14)16(20)8-13-7-11-3-1-2-4-15(11)13/h1-6,9-10,13,16,20H,7-8H2. The van der Waals surface area contributed by atoms with Crippen molar-refractivity contribution in [3.8, 4) is 0 Å². The van der Waals surface area contributed by atoms with Crippen LogP contribution in [0.4, 0.5) is 4.39 Å². The third kappa shape index (κ3) is 2.27. The maximum Gasteiger partial charge on any atom is 0.124 e. The molecule has 2 atom stereocenters. The van der Waals surface area contributed by atoms with Crippen LogP contribution in [0.2, 0.25) is 0 Å². The van der Waals surface area contributed by atoms with Gasteiger partial charge in [0.05, 0.1) is 6.10 Å². The molecule has 4 rings (SSSR count). The molecule has 0 radical (unpaired) electrons. The van der Waals surface area contributed by atoms with E-state index in [-0.39, 0.29) is 5.82 Å². The summed E-state index contributed by atoms with van der Waals surface area (Å²) in [5, 5.41) is 11.5. The van der Waals surface area contributed by atoms with Crippen molar-refractivity contribution in [1.29, 1.82) is 0 Å². The van der Waals surface area contributed by atoms with Gasteiger partial charge < -0.3 is 5.11 Å². The highest BCUT2D eigenvalue weighted by Crippen LogP contribution is 2.42. The summed E-state index contributed by atoms with van der Waals surface area (Å²) in [6.45, 7) is 0. The number of halogens is 1. The molecule has 1 heterocycles. The van der Waals surface area contributed by atoms with Gasteiger partial charge in [0.1, 0.15) is 5.82 Å². The number of benzene rings is 2. The molecule has 0 amide bonds. The van der Waals surface area contributed by atoms with Crippen molar-refractivity contribution in [3.05, 3.63) is 70.4 Å². The first kappa shape index (κ1) is 13.0. The molecule has 2 aromatic carbocycles. The van der Waals surface area contributed by atoms with E-state index in [1.807, 2.05) is 6.07 Å². The van der Waals surface area contributed by atoms with Gasteiger partial charge in [-0.3, -0.25) is 0 Å². The van der Waals surface area contributed by atoms with E-state index in [2.05, 4.69) is 24.3 Å². The Labute approximate surface area is 126 Å². The summed E-state index contributed by atoms with van der Waals surface area (Å²) in [5.41, 5.74) is 2.76. The third-order valence-corrected chi connectivity index (χ3v) is 5.50. The van der Waals surface area contributed by atoms with Crippen LogP contribution >= 0.6 is 11.3 Å². The van der Waals surface area contributed by atoms with Crippen molar-refractivity contribution in [1.82, 2.24) is 0 Å². The van der Waals surface area contributed by atoms with Gasteiger partial charge in [-0.1, -0.05) is 30.3 Å². The molecule has 0 aliphatic heterocycles. The molecule has 106 valence electrons. The zero-order valence-electron chi connectivity index (χ0n) is 11.4. The number of fused-ring (bicyclic) bond motifs is 2. The SMILES string of the molecule is OC(CC1Cc2ccccc21)c1cc2ccc(F)cc2s1. The first-order valence-electron chi connectivity index (χ1n) is 7.15. The van der Waals surface area contributed by atoms with Crippen LogP contribution in [0.25, 0.3) is 10.1 Å². The lowest BCUT2D eigenvalue weighted by Gasteiger charge is -2.31. The monoisotopic (exact) mass is 298 g/mol. The summed E-state index contributed by atoms with van der Waals surface area (Å²) < 4.78 is 14.1. The molecule has 21 heavy (non-hydrogen) atoms. The van der Waals surface area contributed by atoms with Crippen molar-refractivity contribution in [2.45, 2.75) is 24.9 Å². The largest absolute Gasteiger partial charge is 0.388 e. The highest BCUT2D eigenvalue weighted by atomic mass is 32.1. The molecule has 0 saturated heterocycles. The van der Waals surface area contributed by atoms with Gasteiger partial charge in [-0.05, 0) is 53.5 Å². The fraction of sp³-hybridized carbons (Fsp3) is 0.222. The Morgan fingerprint density at radius 1 is 1.19 bits per heavy atom. The van der Waals surface area contributed by atoms with Gasteiger partial charge in [-0.15, -0.1) is 11.3 Å². The predicted octanol–water partition coefficient (Wildman–Crippen LogP) is 4.80. The number of hydrogen-bond donors (Lipinski definition) is 1. The first-order chi connectivity index (χ1) is 10.2. The van der Waals surface area contributed by atoms with E-state index in [0.717, 1.165) is 27.8 Å². The second-order valence-electron chi connectivity index (χ2n) is 5.68. The van der Waals surface area contributed by atoms with Gasteiger partial charge >= 0.3 is 0 Å². The van der Waals surface area contributed by atoms with Gasteiger partial charge in [-0.2, -0.15) is 0 Å². The predicted molar refractivity (Wildman–Crippen MR) is 84.2 cm³/mol. The summed E-state index contributed by atoms with van der Waals surface area (Å²) in [5.74, 6) is 0.219. The van der Waals surface area contributed by atoms with Crippen LogP contribution in [-0.4, -0.2) is 5.11 Å². The van der Waals surface area contributed by atoms with Crippen molar-refractivity contribution in [2.24, 2.45) is 0 Å². The Bertz CT molecular complexity index is 808. The Morgan fingerprint density at radius 2 is 2.05 bits per heavy atom. The van der Waals surface area contributed by atoms with Crippen molar-refractivity contribution in [3.63, 3.8) is 0 Å². The number of thiophene rings is 1. The molecule has 0 saturated carbocycles. The first-order valence-corrected chi connectivity index (χ1v) is 7.97. The average Bonchev–Trinajstić information content (AvgIpc) is 2.87. The second kappa shape index (κ2) is 4.93. The molecule has 1 N–H and O–H groups in total. The van der Waals surface area contributed by atoms with Gasteiger partial charge in [-0.25, -0.2) is 4.39 Å². The molecule has 1 aliphatic carbocycles. The summed E-state index contributed by atoms with van der Waals surface area (Å²) in [4.78, 5) is 0.931. The van der Waals surface area contributed by atoms with Crippen molar-refractivity contribution in [2.75, 3.05) is 0 Å². The molecule has 0 bridgehead atoms. The molecule has 3 heteroatoms. The maximum absolute atomic E-state index is 13.2. The Balaban J connectivity index is 1.56. The zero-order valence-corrected chi connectivity index (χ0v) is 12.2. The van der Waals surface area contributed by atoms with Gasteiger partial charge in [0.2, 0.25) is 0 Å². The summed E-state index contributed by atoms with van der Waals surface area (Å²) >= 11 is 1.49. The third-order valence-electron chi connectivity index (χ3n) is 4.30. The fourth-order valence-electron chi connectivity index (χ4n) is 3.15. The molecule has 0 fully saturated rings. The second-order valence-corrected chi connectivity index (χ2v) is 6.80. The molecule has 0 spiro atoms. The highest BCUT2D eigenvalue weighted by Gasteiger charge is 2.28. The summed E-state index contributed by atoms with van der Waals surface area (Å²) in [7, 11) is 0. The molecule has 1 aliphatic rings. The van der Waals surface area contributed by atoms with Gasteiger partial charge in [0.25, 0.3) is 0 Å². The van der Waals surface area contributed by atoms with E-state index in [0.29, 0.717) is 5.92 Å². The summed E-state index contributed by atoms with van der Waals surface area (Å²) in [6.07, 6.45) is 1.32. The Kier molecular flexibility index (Phi) is 3.05. The molecule has 1 nitrogen and oxygen atoms in total. The van der Waals surface area contributed by atoms with Crippen LogP contribution in [0.1, 0.15) is 34.4 Å². The average molecular weight is 298 g/mol. The van der Waals surface area contributed by atoms with E-state index < -0.39 is 6.10 Å². The van der Waals surface area contributed by atoms with E-state index in [1.165, 1.54) is 34.6 Å². The minimum atomic E-state index is -0.469. The van der Waals surface area contributed by atoms with Crippen LogP contribution < -0.4 is 0 Å². The van der Waals surface area contributed by atoms with E-state index >= 15 is 0 Å². The lowest BCUT2D eigenvalue weighted by Crippen LogP contribution is -2.19. The Morgan fingerprint density at radius 3 is 2.90 bits per heavy atom. The maximum atomic E-state index is 13.2. The molecule has 1 aromatic heterocycles. The zero-order chi connectivity index (χ0) is 14.4. The Hall–Kier alpha value is -1.71. The van der Waals surface area contributed by atoms with Crippen LogP contribution in [-0.2, 0) is 6.42 Å².